The van der Waals surface area contributed by atoms with Gasteiger partial charge in [0.05, 0.1) is 6.54 Å². The van der Waals surface area contributed by atoms with Gasteiger partial charge in [0.1, 0.15) is 5.69 Å². The summed E-state index contributed by atoms with van der Waals surface area (Å²) < 4.78 is 2.20. The van der Waals surface area contributed by atoms with Gasteiger partial charge in [0.15, 0.2) is 6.54 Å². The third-order valence-electron chi connectivity index (χ3n) is 5.10. The van der Waals surface area contributed by atoms with E-state index in [0.29, 0.717) is 11.6 Å². The van der Waals surface area contributed by atoms with Crippen molar-refractivity contribution in [3.8, 4) is 0 Å². The van der Waals surface area contributed by atoms with E-state index < -0.39 is 5.72 Å². The van der Waals surface area contributed by atoms with Crippen molar-refractivity contribution in [1.82, 2.24) is 0 Å². The maximum Gasteiger partial charge on any atom is 0.271 e. The number of nitrogens with zero attached hydrogens (tertiary/aromatic N) is 2. The maximum absolute atomic E-state index is 11.6. The highest BCUT2D eigenvalue weighted by Gasteiger charge is 2.51. The SMILES string of the molecule is OC1(c2ccc(Cl)cc2)CN(c2ccccc2)C2=[N+]1CCCCC2.[Br-]. The molecule has 2 heterocycles. The van der Waals surface area contributed by atoms with Gasteiger partial charge < -0.3 is 22.1 Å². The molecular weight excluding hydrogens is 400 g/mol. The lowest BCUT2D eigenvalue weighted by Gasteiger charge is -2.23. The summed E-state index contributed by atoms with van der Waals surface area (Å²) in [4.78, 5) is 2.28. The highest BCUT2D eigenvalue weighted by molar-refractivity contribution is 6.30. The number of hydrogen-bond donors (Lipinski definition) is 1. The molecule has 0 spiro atoms. The van der Waals surface area contributed by atoms with Crippen LogP contribution in [0.3, 0.4) is 0 Å². The van der Waals surface area contributed by atoms with Crippen LogP contribution in [-0.2, 0) is 5.72 Å². The quantitative estimate of drug-likeness (QED) is 0.732. The second-order valence-electron chi connectivity index (χ2n) is 6.62. The van der Waals surface area contributed by atoms with E-state index in [0.717, 1.165) is 30.6 Å². The number of halogens is 2. The molecule has 0 amide bonds. The van der Waals surface area contributed by atoms with E-state index in [1.54, 1.807) is 0 Å². The summed E-state index contributed by atoms with van der Waals surface area (Å²) >= 11 is 6.04. The zero-order valence-electron chi connectivity index (χ0n) is 14.0. The number of rotatable bonds is 2. The van der Waals surface area contributed by atoms with Gasteiger partial charge in [-0.1, -0.05) is 41.9 Å². The molecule has 2 aliphatic rings. The second-order valence-corrected chi connectivity index (χ2v) is 7.06. The van der Waals surface area contributed by atoms with Crippen LogP contribution in [0.2, 0.25) is 5.02 Å². The Morgan fingerprint density at radius 3 is 2.40 bits per heavy atom. The summed E-state index contributed by atoms with van der Waals surface area (Å²) in [6, 6.07) is 18.0. The van der Waals surface area contributed by atoms with Crippen molar-refractivity contribution in [2.45, 2.75) is 31.4 Å². The number of β-amino-alcohol motifs (C(OH)–C–C–N with tert-alkyl or cyclic N) is 1. The predicted octanol–water partition coefficient (Wildman–Crippen LogP) is 0.994. The number of hydrogen-bond acceptors (Lipinski definition) is 2. The molecule has 1 N–H and O–H groups in total. The molecule has 2 aliphatic heterocycles. The fourth-order valence-corrected chi connectivity index (χ4v) is 4.01. The molecule has 3 nitrogen and oxygen atoms in total. The van der Waals surface area contributed by atoms with Crippen LogP contribution < -0.4 is 21.9 Å². The first-order valence-corrected chi connectivity index (χ1v) is 9.01. The summed E-state index contributed by atoms with van der Waals surface area (Å²) in [5, 5.41) is 12.3. The Morgan fingerprint density at radius 2 is 1.68 bits per heavy atom. The van der Waals surface area contributed by atoms with Gasteiger partial charge in [-0.3, -0.25) is 0 Å². The standard InChI is InChI=1S/C20H22ClN2O.BrH/c21-17-12-10-16(11-13-17)20(24)15-22(18-7-3-1-4-8-18)19-9-5-2-6-14-23(19)20;/h1,3-4,7-8,10-13,24H,2,5-6,9,14-15H2;1H/q+1;/p-1. The minimum Gasteiger partial charge on any atom is -1.00 e. The van der Waals surface area contributed by atoms with Crippen molar-refractivity contribution in [2.75, 3.05) is 18.0 Å². The monoisotopic (exact) mass is 420 g/mol. The molecule has 1 atom stereocenters. The molecule has 0 aliphatic carbocycles. The predicted molar refractivity (Wildman–Crippen MR) is 97.7 cm³/mol. The molecule has 5 heteroatoms. The van der Waals surface area contributed by atoms with Crippen molar-refractivity contribution in [2.24, 2.45) is 0 Å². The number of aliphatic hydroxyl groups is 1. The summed E-state index contributed by atoms with van der Waals surface area (Å²) in [6.45, 7) is 1.44. The summed E-state index contributed by atoms with van der Waals surface area (Å²) in [7, 11) is 0. The Hall–Kier alpha value is -1.36. The molecule has 0 radical (unpaired) electrons. The Balaban J connectivity index is 0.00000182. The van der Waals surface area contributed by atoms with Crippen LogP contribution in [0.25, 0.3) is 0 Å². The molecule has 0 fully saturated rings. The topological polar surface area (TPSA) is 26.5 Å². The van der Waals surface area contributed by atoms with Crippen LogP contribution in [0, 0.1) is 0 Å². The minimum atomic E-state index is -1.000. The van der Waals surface area contributed by atoms with Crippen LogP contribution >= 0.6 is 11.6 Å². The summed E-state index contributed by atoms with van der Waals surface area (Å²) in [5.74, 6) is 1.23. The van der Waals surface area contributed by atoms with E-state index in [-0.39, 0.29) is 17.0 Å². The third-order valence-corrected chi connectivity index (χ3v) is 5.36. The summed E-state index contributed by atoms with van der Waals surface area (Å²) in [5.41, 5.74) is 1.05. The number of amidine groups is 1. The smallest absolute Gasteiger partial charge is 0.271 e. The highest BCUT2D eigenvalue weighted by atomic mass is 79.9. The fraction of sp³-hybridized carbons (Fsp3) is 0.350. The Kier molecular flexibility index (Phi) is 5.52. The molecular formula is C20H22BrClN2O. The first-order valence-electron chi connectivity index (χ1n) is 8.63. The van der Waals surface area contributed by atoms with E-state index in [2.05, 4.69) is 33.7 Å². The normalized spacial score (nSPS) is 23.0. The van der Waals surface area contributed by atoms with Crippen LogP contribution in [0.15, 0.2) is 54.6 Å². The lowest BCUT2D eigenvalue weighted by atomic mass is 10.0. The third kappa shape index (κ3) is 3.35. The average molecular weight is 422 g/mol. The Bertz CT molecular complexity index is 763. The molecule has 2 aromatic carbocycles. The molecule has 1 unspecified atom stereocenters. The Labute approximate surface area is 164 Å². The van der Waals surface area contributed by atoms with Gasteiger partial charge in [-0.25, -0.2) is 9.48 Å². The molecule has 25 heavy (non-hydrogen) atoms. The van der Waals surface area contributed by atoms with Gasteiger partial charge >= 0.3 is 0 Å². The number of anilines is 1. The highest BCUT2D eigenvalue weighted by Crippen LogP contribution is 2.35. The van der Waals surface area contributed by atoms with Crippen molar-refractivity contribution in [1.29, 1.82) is 0 Å². The van der Waals surface area contributed by atoms with Crippen LogP contribution in [0.4, 0.5) is 5.69 Å². The van der Waals surface area contributed by atoms with E-state index in [4.69, 9.17) is 11.6 Å². The maximum atomic E-state index is 11.6. The fourth-order valence-electron chi connectivity index (χ4n) is 3.88. The lowest BCUT2D eigenvalue weighted by Crippen LogP contribution is -3.00. The molecule has 0 bridgehead atoms. The van der Waals surface area contributed by atoms with Gasteiger partial charge in [0.2, 0.25) is 0 Å². The molecule has 4 rings (SSSR count). The first-order chi connectivity index (χ1) is 11.7. The number of benzene rings is 2. The van der Waals surface area contributed by atoms with E-state index in [1.165, 1.54) is 18.7 Å². The van der Waals surface area contributed by atoms with Crippen molar-refractivity contribution in [3.05, 3.63) is 65.2 Å². The molecule has 132 valence electrons. The molecule has 0 saturated heterocycles. The zero-order valence-corrected chi connectivity index (χ0v) is 16.4. The van der Waals surface area contributed by atoms with Gasteiger partial charge in [0, 0.05) is 17.0 Å². The van der Waals surface area contributed by atoms with Crippen LogP contribution in [0.5, 0.6) is 0 Å². The van der Waals surface area contributed by atoms with E-state index in [1.807, 2.05) is 30.3 Å². The Morgan fingerprint density at radius 1 is 0.960 bits per heavy atom. The van der Waals surface area contributed by atoms with Crippen LogP contribution in [-0.4, -0.2) is 28.6 Å². The second kappa shape index (κ2) is 7.48. The van der Waals surface area contributed by atoms with Gasteiger partial charge in [-0.15, -0.1) is 0 Å². The molecule has 0 aromatic heterocycles. The zero-order chi connectivity index (χ0) is 16.6. The number of para-hydroxylation sites is 1. The van der Waals surface area contributed by atoms with Crippen molar-refractivity contribution >= 4 is 23.1 Å². The molecule has 2 aromatic rings. The van der Waals surface area contributed by atoms with E-state index >= 15 is 0 Å². The van der Waals surface area contributed by atoms with Crippen molar-refractivity contribution < 1.29 is 26.7 Å². The first kappa shape index (κ1) is 18.4. The van der Waals surface area contributed by atoms with E-state index in [9.17, 15) is 5.11 Å². The average Bonchev–Trinajstić information content (AvgIpc) is 2.77. The largest absolute Gasteiger partial charge is 1.00 e. The molecule has 0 saturated carbocycles. The van der Waals surface area contributed by atoms with Crippen LogP contribution in [0.1, 0.15) is 31.2 Å². The minimum absolute atomic E-state index is 0. The lowest BCUT2D eigenvalue weighted by molar-refractivity contribution is -0.658. The van der Waals surface area contributed by atoms with Crippen molar-refractivity contribution in [3.63, 3.8) is 0 Å². The van der Waals surface area contributed by atoms with Gasteiger partial charge in [-0.05, 0) is 43.5 Å². The summed E-state index contributed by atoms with van der Waals surface area (Å²) in [6.07, 6.45) is 4.50. The van der Waals surface area contributed by atoms with Gasteiger partial charge in [0.25, 0.3) is 11.6 Å². The van der Waals surface area contributed by atoms with Gasteiger partial charge in [-0.2, -0.15) is 0 Å².